The van der Waals surface area contributed by atoms with Crippen molar-refractivity contribution in [3.8, 4) is 0 Å². The summed E-state index contributed by atoms with van der Waals surface area (Å²) in [5, 5.41) is 13.4. The molecule has 1 aliphatic heterocycles. The van der Waals surface area contributed by atoms with Crippen LogP contribution in [0.3, 0.4) is 0 Å². The molecule has 13 heavy (non-hydrogen) atoms. The third kappa shape index (κ3) is 2.42. The molecule has 2 atom stereocenters. The van der Waals surface area contributed by atoms with Gasteiger partial charge in [-0.05, 0) is 26.7 Å². The lowest BCUT2D eigenvalue weighted by Crippen LogP contribution is -2.43. The minimum Gasteiger partial charge on any atom is -0.388 e. The van der Waals surface area contributed by atoms with Gasteiger partial charge in [-0.15, -0.1) is 0 Å². The topological polar surface area (TPSA) is 35.5 Å². The number of aliphatic hydroxyl groups is 1. The van der Waals surface area contributed by atoms with Crippen LogP contribution >= 0.6 is 0 Å². The molecule has 1 saturated heterocycles. The van der Waals surface area contributed by atoms with Gasteiger partial charge in [-0.1, -0.05) is 0 Å². The van der Waals surface area contributed by atoms with E-state index in [1.54, 1.807) is 0 Å². The van der Waals surface area contributed by atoms with Crippen LogP contribution in [0, 0.1) is 0 Å². The number of nitrogens with zero attached hydrogens (tertiary/aromatic N) is 1. The fourth-order valence-electron chi connectivity index (χ4n) is 2.09. The second-order valence-electron chi connectivity index (χ2n) is 4.94. The molecule has 2 rings (SSSR count). The SMILES string of the molecule is CC1CN(C2CC2)CC(C)(O)CN1. The second-order valence-corrected chi connectivity index (χ2v) is 4.94. The van der Waals surface area contributed by atoms with E-state index in [1.807, 2.05) is 6.92 Å². The van der Waals surface area contributed by atoms with Gasteiger partial charge in [0.15, 0.2) is 0 Å². The first-order valence-corrected chi connectivity index (χ1v) is 5.27. The van der Waals surface area contributed by atoms with Crippen molar-refractivity contribution in [2.24, 2.45) is 0 Å². The van der Waals surface area contributed by atoms with Crippen molar-refractivity contribution in [2.75, 3.05) is 19.6 Å². The Kier molecular flexibility index (Phi) is 2.34. The first kappa shape index (κ1) is 9.44. The van der Waals surface area contributed by atoms with Crippen LogP contribution in [0.4, 0.5) is 0 Å². The van der Waals surface area contributed by atoms with E-state index in [0.717, 1.165) is 25.7 Å². The summed E-state index contributed by atoms with van der Waals surface area (Å²) < 4.78 is 0. The summed E-state index contributed by atoms with van der Waals surface area (Å²) in [6, 6.07) is 1.27. The van der Waals surface area contributed by atoms with E-state index in [9.17, 15) is 5.11 Å². The van der Waals surface area contributed by atoms with Crippen LogP contribution < -0.4 is 5.32 Å². The highest BCUT2D eigenvalue weighted by Crippen LogP contribution is 2.29. The van der Waals surface area contributed by atoms with Gasteiger partial charge in [0.2, 0.25) is 0 Å². The van der Waals surface area contributed by atoms with Crippen LogP contribution in [0.1, 0.15) is 26.7 Å². The Morgan fingerprint density at radius 1 is 1.46 bits per heavy atom. The summed E-state index contributed by atoms with van der Waals surface area (Å²) >= 11 is 0. The predicted octanol–water partition coefficient (Wildman–Crippen LogP) is 0.193. The van der Waals surface area contributed by atoms with Gasteiger partial charge in [0.05, 0.1) is 5.60 Å². The zero-order chi connectivity index (χ0) is 9.47. The molecule has 0 bridgehead atoms. The van der Waals surface area contributed by atoms with Crippen molar-refractivity contribution >= 4 is 0 Å². The predicted molar refractivity (Wildman–Crippen MR) is 52.7 cm³/mol. The van der Waals surface area contributed by atoms with Crippen LogP contribution in [0.5, 0.6) is 0 Å². The second kappa shape index (κ2) is 3.23. The Morgan fingerprint density at radius 2 is 2.15 bits per heavy atom. The van der Waals surface area contributed by atoms with Crippen LogP contribution in [0.25, 0.3) is 0 Å². The Labute approximate surface area is 80.1 Å². The van der Waals surface area contributed by atoms with Crippen molar-refractivity contribution < 1.29 is 5.11 Å². The van der Waals surface area contributed by atoms with Crippen molar-refractivity contribution in [3.05, 3.63) is 0 Å². The largest absolute Gasteiger partial charge is 0.388 e. The molecular weight excluding hydrogens is 164 g/mol. The Balaban J connectivity index is 2.00. The molecule has 1 heterocycles. The Hall–Kier alpha value is -0.120. The van der Waals surface area contributed by atoms with E-state index in [2.05, 4.69) is 17.1 Å². The molecule has 2 fully saturated rings. The average Bonchev–Trinajstić information content (AvgIpc) is 2.79. The highest BCUT2D eigenvalue weighted by atomic mass is 16.3. The van der Waals surface area contributed by atoms with E-state index >= 15 is 0 Å². The summed E-state index contributed by atoms with van der Waals surface area (Å²) in [7, 11) is 0. The molecule has 1 aliphatic carbocycles. The molecule has 76 valence electrons. The average molecular weight is 184 g/mol. The van der Waals surface area contributed by atoms with Gasteiger partial charge in [-0.25, -0.2) is 0 Å². The Bertz CT molecular complexity index is 189. The van der Waals surface area contributed by atoms with Gasteiger partial charge >= 0.3 is 0 Å². The summed E-state index contributed by atoms with van der Waals surface area (Å²) in [6.07, 6.45) is 2.64. The normalized spacial score (nSPS) is 43.2. The maximum absolute atomic E-state index is 10.0. The molecule has 1 saturated carbocycles. The van der Waals surface area contributed by atoms with Gasteiger partial charge in [0.25, 0.3) is 0 Å². The number of hydrogen-bond donors (Lipinski definition) is 2. The van der Waals surface area contributed by atoms with Crippen LogP contribution in [-0.4, -0.2) is 47.3 Å². The van der Waals surface area contributed by atoms with Crippen molar-refractivity contribution in [2.45, 2.75) is 44.4 Å². The third-order valence-electron chi connectivity index (χ3n) is 2.95. The first-order chi connectivity index (χ1) is 6.07. The zero-order valence-electron chi connectivity index (χ0n) is 8.58. The molecule has 0 radical (unpaired) electrons. The molecular formula is C10H20N2O. The molecule has 3 heteroatoms. The third-order valence-corrected chi connectivity index (χ3v) is 2.95. The summed E-state index contributed by atoms with van der Waals surface area (Å²) in [5.74, 6) is 0. The minimum atomic E-state index is -0.548. The molecule has 0 aromatic rings. The van der Waals surface area contributed by atoms with E-state index in [1.165, 1.54) is 12.8 Å². The zero-order valence-corrected chi connectivity index (χ0v) is 8.58. The minimum absolute atomic E-state index is 0.509. The van der Waals surface area contributed by atoms with E-state index in [4.69, 9.17) is 0 Å². The highest BCUT2D eigenvalue weighted by Gasteiger charge is 2.36. The molecule has 2 N–H and O–H groups in total. The van der Waals surface area contributed by atoms with Crippen LogP contribution in [-0.2, 0) is 0 Å². The summed E-state index contributed by atoms with van der Waals surface area (Å²) in [6.45, 7) is 6.75. The molecule has 0 aromatic carbocycles. The molecule has 2 aliphatic rings. The molecule has 3 nitrogen and oxygen atoms in total. The number of nitrogens with one attached hydrogen (secondary N) is 1. The van der Waals surface area contributed by atoms with E-state index in [-0.39, 0.29) is 0 Å². The fraction of sp³-hybridized carbons (Fsp3) is 1.00. The quantitative estimate of drug-likeness (QED) is 0.611. The Morgan fingerprint density at radius 3 is 2.77 bits per heavy atom. The lowest BCUT2D eigenvalue weighted by atomic mass is 10.1. The monoisotopic (exact) mass is 184 g/mol. The van der Waals surface area contributed by atoms with Gasteiger partial charge in [0, 0.05) is 31.7 Å². The number of β-amino-alcohol motifs (C(OH)–C–C–N with tert-alkyl or cyclic N) is 1. The van der Waals surface area contributed by atoms with Crippen LogP contribution in [0.15, 0.2) is 0 Å². The van der Waals surface area contributed by atoms with Gasteiger partial charge in [-0.3, -0.25) is 4.90 Å². The fourth-order valence-corrected chi connectivity index (χ4v) is 2.09. The summed E-state index contributed by atoms with van der Waals surface area (Å²) in [4.78, 5) is 2.44. The maximum atomic E-state index is 10.0. The molecule has 2 unspecified atom stereocenters. The summed E-state index contributed by atoms with van der Waals surface area (Å²) in [5.41, 5.74) is -0.548. The highest BCUT2D eigenvalue weighted by molar-refractivity contribution is 4.93. The standard InChI is InChI=1S/C10H20N2O/c1-8-5-12(9-3-4-9)7-10(2,13)6-11-8/h8-9,11,13H,3-7H2,1-2H3. The lowest BCUT2D eigenvalue weighted by Gasteiger charge is -2.27. The maximum Gasteiger partial charge on any atom is 0.0869 e. The van der Waals surface area contributed by atoms with Crippen molar-refractivity contribution in [3.63, 3.8) is 0 Å². The number of hydrogen-bond acceptors (Lipinski definition) is 3. The number of rotatable bonds is 1. The van der Waals surface area contributed by atoms with Crippen molar-refractivity contribution in [1.82, 2.24) is 10.2 Å². The van der Waals surface area contributed by atoms with E-state index < -0.39 is 5.60 Å². The molecule has 0 spiro atoms. The van der Waals surface area contributed by atoms with Crippen LogP contribution in [0.2, 0.25) is 0 Å². The van der Waals surface area contributed by atoms with E-state index in [0.29, 0.717) is 6.04 Å². The molecule has 0 aromatic heterocycles. The lowest BCUT2D eigenvalue weighted by molar-refractivity contribution is 0.0320. The first-order valence-electron chi connectivity index (χ1n) is 5.27. The molecule has 0 amide bonds. The van der Waals surface area contributed by atoms with Gasteiger partial charge in [-0.2, -0.15) is 0 Å². The smallest absolute Gasteiger partial charge is 0.0869 e. The van der Waals surface area contributed by atoms with Gasteiger partial charge in [0.1, 0.15) is 0 Å². The van der Waals surface area contributed by atoms with Gasteiger partial charge < -0.3 is 10.4 Å². The van der Waals surface area contributed by atoms with Crippen molar-refractivity contribution in [1.29, 1.82) is 0 Å².